The van der Waals surface area contributed by atoms with E-state index < -0.39 is 21.7 Å². The average molecular weight is 859 g/mol. The predicted molar refractivity (Wildman–Crippen MR) is 226 cm³/mol. The molecule has 8 rings (SSSR count). The lowest BCUT2D eigenvalue weighted by molar-refractivity contribution is 0.0370. The minimum Gasteiger partial charge on any atom is -0.379 e. The number of sulfonamides is 1. The number of carbonyl (C=O) groups excluding carboxylic acids is 2. The van der Waals surface area contributed by atoms with Crippen molar-refractivity contribution in [1.29, 1.82) is 0 Å². The second kappa shape index (κ2) is 17.9. The maximum Gasteiger partial charge on any atom is 0.284 e. The molecule has 1 atom stereocenters. The first-order valence-corrected chi connectivity index (χ1v) is 22.8. The molecule has 18 heteroatoms. The first kappa shape index (κ1) is 39.8. The van der Waals surface area contributed by atoms with E-state index in [0.717, 1.165) is 52.8 Å². The third-order valence-corrected chi connectivity index (χ3v) is 14.2. The average Bonchev–Trinajstić information content (AvgIpc) is 3.90. The van der Waals surface area contributed by atoms with Crippen molar-refractivity contribution in [2.45, 2.75) is 35.2 Å². The highest BCUT2D eigenvalue weighted by Gasteiger charge is 2.27. The van der Waals surface area contributed by atoms with Crippen LogP contribution < -0.4 is 20.3 Å². The molecule has 1 saturated heterocycles. The summed E-state index contributed by atoms with van der Waals surface area (Å²) in [6, 6.07) is 20.9. The molecule has 0 saturated carbocycles. The monoisotopic (exact) mass is 858 g/mol. The number of hydrogen-bond donors (Lipinski definition) is 3. The van der Waals surface area contributed by atoms with Gasteiger partial charge in [-0.15, -0.1) is 23.1 Å². The number of thioether (sulfide) groups is 1. The molecule has 0 radical (unpaired) electrons. The maximum absolute atomic E-state index is 15.6. The van der Waals surface area contributed by atoms with E-state index in [1.54, 1.807) is 30.2 Å². The Morgan fingerprint density at radius 1 is 0.983 bits per heavy atom. The standard InChI is InChI=1S/C40H39FN8O5S4/c41-32-21-29(9-10-33(32)43-27(13-15-48-17-19-54-20-18-48)24-55-28-6-2-1-3-7-28)58(52,53)47-38(51)35-25-56-40(45-35)49-16-12-26-5-4-8-30(31(26)23-49)37(50)46-39-44-34-22-42-14-11-36(34)57-39/h1-11,14,21-22,25,27,43H,12-13,15-20,23-24H2,(H,47,51)(H,44,46,50)/t27-/m1/s1. The molecule has 58 heavy (non-hydrogen) atoms. The lowest BCUT2D eigenvalue weighted by atomic mass is 9.94. The summed E-state index contributed by atoms with van der Waals surface area (Å²) in [5, 5.41) is 8.65. The van der Waals surface area contributed by atoms with Gasteiger partial charge >= 0.3 is 0 Å². The number of fused-ring (bicyclic) bond motifs is 2. The zero-order chi connectivity index (χ0) is 40.1. The zero-order valence-corrected chi connectivity index (χ0v) is 34.4. The minimum atomic E-state index is -4.44. The molecule has 5 heterocycles. The van der Waals surface area contributed by atoms with Crippen molar-refractivity contribution in [3.05, 3.63) is 119 Å². The van der Waals surface area contributed by atoms with Crippen molar-refractivity contribution < 1.29 is 27.1 Å². The van der Waals surface area contributed by atoms with Crippen LogP contribution >= 0.6 is 34.4 Å². The van der Waals surface area contributed by atoms with Crippen LogP contribution in [0.15, 0.2) is 100 Å². The van der Waals surface area contributed by atoms with Gasteiger partial charge < -0.3 is 15.0 Å². The summed E-state index contributed by atoms with van der Waals surface area (Å²) in [4.78, 5) is 44.7. The number of anilines is 3. The highest BCUT2D eigenvalue weighted by atomic mass is 32.2. The van der Waals surface area contributed by atoms with Crippen LogP contribution in [0.1, 0.15) is 38.4 Å². The van der Waals surface area contributed by atoms with Crippen LogP contribution in [0.4, 0.5) is 20.3 Å². The summed E-state index contributed by atoms with van der Waals surface area (Å²) >= 11 is 4.22. The number of halogens is 1. The first-order chi connectivity index (χ1) is 28.2. The van der Waals surface area contributed by atoms with E-state index >= 15 is 4.39 Å². The number of nitrogens with one attached hydrogen (secondary N) is 3. The number of hydrogen-bond acceptors (Lipinski definition) is 14. The van der Waals surface area contributed by atoms with Crippen LogP contribution in [0.3, 0.4) is 0 Å². The number of aromatic nitrogens is 3. The number of amides is 2. The fourth-order valence-corrected chi connectivity index (χ4v) is 10.4. The second-order valence-corrected chi connectivity index (χ2v) is 18.4. The Bertz CT molecular complexity index is 2500. The quantitative estimate of drug-likeness (QED) is 0.102. The van der Waals surface area contributed by atoms with Gasteiger partial charge in [0.1, 0.15) is 17.0 Å². The third-order valence-electron chi connectivity index (χ3n) is 9.85. The van der Waals surface area contributed by atoms with Crippen molar-refractivity contribution in [2.75, 3.05) is 60.7 Å². The summed E-state index contributed by atoms with van der Waals surface area (Å²) in [5.74, 6) is -1.30. The van der Waals surface area contributed by atoms with Crippen LogP contribution in [0, 0.1) is 5.82 Å². The Hall–Kier alpha value is -4.98. The Balaban J connectivity index is 0.906. The van der Waals surface area contributed by atoms with Gasteiger partial charge in [-0.25, -0.2) is 27.5 Å². The molecule has 3 aromatic heterocycles. The molecule has 13 nitrogen and oxygen atoms in total. The molecule has 0 spiro atoms. The van der Waals surface area contributed by atoms with Gasteiger partial charge in [0.2, 0.25) is 0 Å². The molecular weight excluding hydrogens is 820 g/mol. The topological polar surface area (TPSA) is 159 Å². The van der Waals surface area contributed by atoms with Crippen molar-refractivity contribution in [3.8, 4) is 0 Å². The van der Waals surface area contributed by atoms with E-state index in [4.69, 9.17) is 4.74 Å². The predicted octanol–water partition coefficient (Wildman–Crippen LogP) is 6.52. The Kier molecular flexibility index (Phi) is 12.3. The molecule has 300 valence electrons. The molecule has 2 aliphatic heterocycles. The Labute approximate surface area is 347 Å². The van der Waals surface area contributed by atoms with E-state index in [1.165, 1.54) is 40.2 Å². The molecule has 0 aliphatic carbocycles. The first-order valence-electron chi connectivity index (χ1n) is 18.6. The van der Waals surface area contributed by atoms with E-state index in [2.05, 4.69) is 35.2 Å². The lowest BCUT2D eigenvalue weighted by Crippen LogP contribution is -2.39. The van der Waals surface area contributed by atoms with E-state index in [-0.39, 0.29) is 28.2 Å². The molecule has 2 aliphatic rings. The van der Waals surface area contributed by atoms with Gasteiger partial charge in [-0.1, -0.05) is 41.7 Å². The number of rotatable bonds is 14. The van der Waals surface area contributed by atoms with Gasteiger partial charge in [0.15, 0.2) is 10.3 Å². The smallest absolute Gasteiger partial charge is 0.284 e. The van der Waals surface area contributed by atoms with E-state index in [9.17, 15) is 18.0 Å². The normalized spacial score (nSPS) is 15.2. The lowest BCUT2D eigenvalue weighted by Gasteiger charge is -2.29. The van der Waals surface area contributed by atoms with Crippen LogP contribution in [-0.2, 0) is 27.7 Å². The zero-order valence-electron chi connectivity index (χ0n) is 31.1. The van der Waals surface area contributed by atoms with Crippen LogP contribution in [0.2, 0.25) is 0 Å². The minimum absolute atomic E-state index is 0.0940. The summed E-state index contributed by atoms with van der Waals surface area (Å²) in [5.41, 5.74) is 3.14. The SMILES string of the molecule is O=C(NS(=O)(=O)c1ccc(N[C@H](CCN2CCOCC2)CSc2ccccc2)c(F)c1)c1csc(N2CCc3cccc(C(=O)Nc4nc5cnccc5s4)c3C2)n1. The number of benzene rings is 3. The third kappa shape index (κ3) is 9.48. The van der Waals surface area contributed by atoms with Gasteiger partial charge in [0.05, 0.1) is 34.7 Å². The number of morpholine rings is 1. The largest absolute Gasteiger partial charge is 0.379 e. The molecule has 0 unspecified atom stereocenters. The summed E-state index contributed by atoms with van der Waals surface area (Å²) in [6.45, 7) is 4.79. The number of carbonyl (C=O) groups is 2. The van der Waals surface area contributed by atoms with Crippen molar-refractivity contribution in [3.63, 3.8) is 0 Å². The van der Waals surface area contributed by atoms with Crippen LogP contribution in [0.5, 0.6) is 0 Å². The molecule has 6 aromatic rings. The highest BCUT2D eigenvalue weighted by Crippen LogP contribution is 2.31. The fraction of sp³-hybridized carbons (Fsp3) is 0.275. The molecule has 2 amide bonds. The summed E-state index contributed by atoms with van der Waals surface area (Å²) < 4.78 is 50.7. The van der Waals surface area contributed by atoms with Gasteiger partial charge in [-0.3, -0.25) is 24.8 Å². The van der Waals surface area contributed by atoms with Crippen LogP contribution in [0.25, 0.3) is 10.2 Å². The molecular formula is C40H39FN8O5S4. The maximum atomic E-state index is 15.6. The number of pyridine rings is 1. The molecule has 1 fully saturated rings. The fourth-order valence-electron chi connectivity index (χ4n) is 6.78. The highest BCUT2D eigenvalue weighted by molar-refractivity contribution is 7.99. The van der Waals surface area contributed by atoms with Crippen LogP contribution in [-0.4, -0.2) is 91.3 Å². The summed E-state index contributed by atoms with van der Waals surface area (Å²) in [6.07, 6.45) is 4.70. The Morgan fingerprint density at radius 2 is 1.83 bits per heavy atom. The number of ether oxygens (including phenoxy) is 1. The number of nitrogens with zero attached hydrogens (tertiary/aromatic N) is 5. The van der Waals surface area contributed by atoms with Crippen molar-refractivity contribution >= 4 is 82.4 Å². The van der Waals surface area contributed by atoms with E-state index in [1.807, 2.05) is 53.4 Å². The molecule has 0 bridgehead atoms. The van der Waals surface area contributed by atoms with Gasteiger partial charge in [0, 0.05) is 66.6 Å². The molecule has 3 aromatic carbocycles. The summed E-state index contributed by atoms with van der Waals surface area (Å²) in [7, 11) is -4.44. The van der Waals surface area contributed by atoms with Gasteiger partial charge in [-0.05, 0) is 66.4 Å². The van der Waals surface area contributed by atoms with Gasteiger partial charge in [-0.2, -0.15) is 0 Å². The Morgan fingerprint density at radius 3 is 2.64 bits per heavy atom. The van der Waals surface area contributed by atoms with Crippen molar-refractivity contribution in [2.24, 2.45) is 0 Å². The number of thiazole rings is 2. The van der Waals surface area contributed by atoms with E-state index in [0.29, 0.717) is 59.8 Å². The second-order valence-electron chi connectivity index (χ2n) is 13.7. The van der Waals surface area contributed by atoms with Crippen molar-refractivity contribution in [1.82, 2.24) is 24.6 Å². The van der Waals surface area contributed by atoms with Gasteiger partial charge in [0.25, 0.3) is 21.8 Å². The molecule has 3 N–H and O–H groups in total.